The van der Waals surface area contributed by atoms with E-state index in [0.29, 0.717) is 47.7 Å². The van der Waals surface area contributed by atoms with Gasteiger partial charge in [0.05, 0.1) is 22.5 Å². The van der Waals surface area contributed by atoms with E-state index in [2.05, 4.69) is 15.2 Å². The first kappa shape index (κ1) is 20.8. The molecule has 0 aliphatic carbocycles. The molecule has 34 heavy (non-hydrogen) atoms. The molecule has 1 saturated heterocycles. The number of halogens is 1. The van der Waals surface area contributed by atoms with Gasteiger partial charge in [0.25, 0.3) is 5.91 Å². The highest BCUT2D eigenvalue weighted by Crippen LogP contribution is 2.42. The fourth-order valence-corrected chi connectivity index (χ4v) is 4.82. The summed E-state index contributed by atoms with van der Waals surface area (Å²) in [4.78, 5) is 31.1. The molecule has 0 unspecified atom stereocenters. The van der Waals surface area contributed by atoms with Crippen LogP contribution in [-0.4, -0.2) is 70.2 Å². The first-order chi connectivity index (χ1) is 16.4. The lowest BCUT2D eigenvalue weighted by atomic mass is 10.0. The van der Waals surface area contributed by atoms with Crippen LogP contribution in [0.25, 0.3) is 21.9 Å². The number of anilines is 1. The Morgan fingerprint density at radius 1 is 1.18 bits per heavy atom. The molecule has 9 nitrogen and oxygen atoms in total. The van der Waals surface area contributed by atoms with Crippen LogP contribution >= 0.6 is 0 Å². The third kappa shape index (κ3) is 3.02. The third-order valence-corrected chi connectivity index (χ3v) is 6.74. The summed E-state index contributed by atoms with van der Waals surface area (Å²) in [5.74, 6) is -0.769. The molecular weight excluding hydrogens is 439 g/mol. The summed E-state index contributed by atoms with van der Waals surface area (Å²) in [6.07, 6.45) is 1.55. The number of nitrogens with zero attached hydrogens (tertiary/aromatic N) is 6. The van der Waals surface area contributed by atoms with Crippen molar-refractivity contribution < 1.29 is 13.9 Å². The van der Waals surface area contributed by atoms with Crippen LogP contribution in [-0.2, 0) is 0 Å². The number of hydrogen-bond acceptors (Lipinski definition) is 7. The van der Waals surface area contributed by atoms with Gasteiger partial charge in [0, 0.05) is 32.4 Å². The highest BCUT2D eigenvalue weighted by Gasteiger charge is 2.31. The van der Waals surface area contributed by atoms with Gasteiger partial charge in [0.1, 0.15) is 23.4 Å². The number of rotatable bonds is 2. The Morgan fingerprint density at radius 3 is 2.74 bits per heavy atom. The van der Waals surface area contributed by atoms with Gasteiger partial charge >= 0.3 is 0 Å². The lowest BCUT2D eigenvalue weighted by Crippen LogP contribution is -2.45. The first-order valence-electron chi connectivity index (χ1n) is 11.3. The summed E-state index contributed by atoms with van der Waals surface area (Å²) < 4.78 is 24.5. The van der Waals surface area contributed by atoms with Crippen LogP contribution < -0.4 is 15.1 Å². The second kappa shape index (κ2) is 7.63. The number of carbonyl (C=O) groups excluding carboxylic acids is 1. The minimum absolute atomic E-state index is 0.0883. The van der Waals surface area contributed by atoms with Gasteiger partial charge < -0.3 is 19.1 Å². The number of para-hydroxylation sites is 1. The van der Waals surface area contributed by atoms with Crippen LogP contribution in [0.5, 0.6) is 5.75 Å². The molecule has 0 spiro atoms. The number of aromatic nitrogens is 4. The van der Waals surface area contributed by atoms with Crippen molar-refractivity contribution in [1.29, 1.82) is 0 Å². The standard InChI is InChI=1S/C24H23FN6O3/c1-14-13-34-23-20-15(11-17(25)21(23)29-9-7-28(2)8-10-29)22(32)16(12-30(14)20)24(33)31-19-6-4-3-5-18(19)26-27-31/h3-6,11-12,14H,7-10,13H2,1-2H3/t14-/m0/s1. The summed E-state index contributed by atoms with van der Waals surface area (Å²) in [5.41, 5.74) is 1.29. The van der Waals surface area contributed by atoms with Gasteiger partial charge in [-0.15, -0.1) is 5.10 Å². The van der Waals surface area contributed by atoms with Gasteiger partial charge in [-0.3, -0.25) is 9.59 Å². The second-order valence-corrected chi connectivity index (χ2v) is 8.96. The minimum atomic E-state index is -0.604. The number of piperazine rings is 1. The number of likely N-dealkylation sites (N-methyl/N-ethyl adjacent to an activating group) is 1. The minimum Gasteiger partial charge on any atom is -0.487 e. The van der Waals surface area contributed by atoms with E-state index in [-0.39, 0.29) is 17.0 Å². The maximum absolute atomic E-state index is 15.5. The van der Waals surface area contributed by atoms with Crippen LogP contribution in [0, 0.1) is 5.82 Å². The van der Waals surface area contributed by atoms with E-state index in [4.69, 9.17) is 4.74 Å². The number of ether oxygens (including phenoxy) is 1. The number of fused-ring (bicyclic) bond motifs is 1. The summed E-state index contributed by atoms with van der Waals surface area (Å²) >= 11 is 0. The Bertz CT molecular complexity index is 1520. The third-order valence-electron chi connectivity index (χ3n) is 6.74. The van der Waals surface area contributed by atoms with Gasteiger partial charge in [-0.1, -0.05) is 17.3 Å². The molecule has 0 radical (unpaired) electrons. The number of hydrogen-bond donors (Lipinski definition) is 0. The fraction of sp³-hybridized carbons (Fsp3) is 0.333. The molecule has 4 aromatic rings. The van der Waals surface area contributed by atoms with Crippen molar-refractivity contribution in [1.82, 2.24) is 24.5 Å². The summed E-state index contributed by atoms with van der Waals surface area (Å²) in [6.45, 7) is 5.16. The zero-order valence-electron chi connectivity index (χ0n) is 18.9. The molecule has 2 aromatic heterocycles. The van der Waals surface area contributed by atoms with E-state index in [0.717, 1.165) is 17.8 Å². The molecule has 4 heterocycles. The predicted molar refractivity (Wildman–Crippen MR) is 125 cm³/mol. The Morgan fingerprint density at radius 2 is 1.94 bits per heavy atom. The van der Waals surface area contributed by atoms with E-state index in [1.165, 1.54) is 6.07 Å². The molecule has 2 aliphatic rings. The molecule has 0 N–H and O–H groups in total. The van der Waals surface area contributed by atoms with Crippen LogP contribution in [0.2, 0.25) is 0 Å². The van der Waals surface area contributed by atoms with Crippen molar-refractivity contribution in [2.24, 2.45) is 0 Å². The van der Waals surface area contributed by atoms with E-state index in [9.17, 15) is 9.59 Å². The number of benzene rings is 2. The van der Waals surface area contributed by atoms with Crippen molar-refractivity contribution in [3.8, 4) is 5.75 Å². The Balaban J connectivity index is 1.56. The van der Waals surface area contributed by atoms with E-state index in [1.807, 2.05) is 23.4 Å². The van der Waals surface area contributed by atoms with Gasteiger partial charge in [-0.05, 0) is 32.2 Å². The molecule has 0 bridgehead atoms. The normalized spacial score (nSPS) is 18.4. The molecule has 0 amide bonds. The van der Waals surface area contributed by atoms with Crippen molar-refractivity contribution in [2.75, 3.05) is 44.7 Å². The van der Waals surface area contributed by atoms with E-state index < -0.39 is 17.2 Å². The second-order valence-electron chi connectivity index (χ2n) is 8.96. The highest BCUT2D eigenvalue weighted by molar-refractivity contribution is 6.03. The number of carbonyl (C=O) groups is 1. The fourth-order valence-electron chi connectivity index (χ4n) is 4.82. The van der Waals surface area contributed by atoms with Crippen LogP contribution in [0.1, 0.15) is 23.3 Å². The van der Waals surface area contributed by atoms with Crippen molar-refractivity contribution in [3.63, 3.8) is 0 Å². The van der Waals surface area contributed by atoms with Gasteiger partial charge in [0.2, 0.25) is 5.43 Å². The van der Waals surface area contributed by atoms with Crippen molar-refractivity contribution in [2.45, 2.75) is 13.0 Å². The maximum atomic E-state index is 15.5. The lowest BCUT2D eigenvalue weighted by molar-refractivity contribution is 0.0946. The molecule has 6 rings (SSSR count). The van der Waals surface area contributed by atoms with Crippen LogP contribution in [0.15, 0.2) is 41.3 Å². The lowest BCUT2D eigenvalue weighted by Gasteiger charge is -2.37. The average molecular weight is 462 g/mol. The predicted octanol–water partition coefficient (Wildman–Crippen LogP) is 2.28. The molecule has 1 fully saturated rings. The summed E-state index contributed by atoms with van der Waals surface area (Å²) in [6, 6.07) is 8.11. The smallest absolute Gasteiger partial charge is 0.285 e. The Hall–Kier alpha value is -3.79. The zero-order chi connectivity index (χ0) is 23.6. The average Bonchev–Trinajstić information content (AvgIpc) is 3.27. The first-order valence-corrected chi connectivity index (χ1v) is 11.3. The van der Waals surface area contributed by atoms with Crippen molar-refractivity contribution in [3.05, 3.63) is 58.1 Å². The molecule has 1 atom stereocenters. The maximum Gasteiger partial charge on any atom is 0.285 e. The quantitative estimate of drug-likeness (QED) is 0.452. The summed E-state index contributed by atoms with van der Waals surface area (Å²) in [7, 11) is 2.03. The largest absolute Gasteiger partial charge is 0.487 e. The molecule has 10 heteroatoms. The highest BCUT2D eigenvalue weighted by atomic mass is 19.1. The van der Waals surface area contributed by atoms with E-state index >= 15 is 4.39 Å². The van der Waals surface area contributed by atoms with E-state index in [1.54, 1.807) is 30.5 Å². The zero-order valence-corrected chi connectivity index (χ0v) is 18.9. The van der Waals surface area contributed by atoms with Gasteiger partial charge in [-0.2, -0.15) is 4.68 Å². The molecule has 2 aromatic carbocycles. The van der Waals surface area contributed by atoms with Crippen LogP contribution in [0.3, 0.4) is 0 Å². The Labute approximate surface area is 193 Å². The van der Waals surface area contributed by atoms with Crippen LogP contribution in [0.4, 0.5) is 10.1 Å². The summed E-state index contributed by atoms with van der Waals surface area (Å²) in [5, 5.41) is 8.09. The Kier molecular flexibility index (Phi) is 4.66. The molecule has 2 aliphatic heterocycles. The van der Waals surface area contributed by atoms with Crippen molar-refractivity contribution >= 4 is 33.5 Å². The van der Waals surface area contributed by atoms with Gasteiger partial charge in [-0.25, -0.2) is 4.39 Å². The molecule has 0 saturated carbocycles. The number of pyridine rings is 1. The SMILES string of the molecule is C[C@H]1COc2c(N3CCN(C)CC3)c(F)cc3c(=O)c(C(=O)n4nnc5ccccc54)cn1c23. The molecule has 174 valence electrons. The van der Waals surface area contributed by atoms with Gasteiger partial charge in [0.15, 0.2) is 11.6 Å². The monoisotopic (exact) mass is 462 g/mol. The molecular formula is C24H23FN6O3. The topological polar surface area (TPSA) is 85.5 Å².